The first-order valence-electron chi connectivity index (χ1n) is 11.6. The minimum atomic E-state index is -3.88. The van der Waals surface area contributed by atoms with Crippen LogP contribution in [0.3, 0.4) is 0 Å². The summed E-state index contributed by atoms with van der Waals surface area (Å²) in [7, 11) is -3.88. The quantitative estimate of drug-likeness (QED) is 0.491. The van der Waals surface area contributed by atoms with Gasteiger partial charge in [0.2, 0.25) is 15.9 Å². The van der Waals surface area contributed by atoms with E-state index in [0.29, 0.717) is 24.9 Å². The van der Waals surface area contributed by atoms with Crippen LogP contribution in [-0.2, 0) is 27.7 Å². The number of carbonyl (C=O) groups is 1. The van der Waals surface area contributed by atoms with E-state index in [1.165, 1.54) is 9.87 Å². The molecule has 0 aromatic heterocycles. The van der Waals surface area contributed by atoms with Crippen LogP contribution in [0, 0.1) is 0 Å². The van der Waals surface area contributed by atoms with Crippen molar-refractivity contribution in [2.75, 3.05) is 13.1 Å². The Hall–Kier alpha value is -3.22. The van der Waals surface area contributed by atoms with Crippen molar-refractivity contribution in [3.8, 4) is 0 Å². The zero-order valence-corrected chi connectivity index (χ0v) is 20.0. The van der Waals surface area contributed by atoms with Gasteiger partial charge in [-0.05, 0) is 54.0 Å². The molecule has 0 spiro atoms. The Kier molecular flexibility index (Phi) is 7.60. The highest BCUT2D eigenvalue weighted by molar-refractivity contribution is 7.89. The van der Waals surface area contributed by atoms with Crippen molar-refractivity contribution in [1.82, 2.24) is 9.62 Å². The number of benzene rings is 3. The molecular weight excluding hydrogens is 444 g/mol. The molecule has 1 atom stereocenters. The summed E-state index contributed by atoms with van der Waals surface area (Å²) in [4.78, 5) is 13.6. The maximum Gasteiger partial charge on any atom is 0.244 e. The topological polar surface area (TPSA) is 66.5 Å². The van der Waals surface area contributed by atoms with Gasteiger partial charge in [0.05, 0.1) is 4.90 Å². The van der Waals surface area contributed by atoms with Gasteiger partial charge in [-0.25, -0.2) is 8.42 Å². The first-order chi connectivity index (χ1) is 16.5. The van der Waals surface area contributed by atoms with Gasteiger partial charge in [0, 0.05) is 13.1 Å². The van der Waals surface area contributed by atoms with E-state index in [-0.39, 0.29) is 17.3 Å². The van der Waals surface area contributed by atoms with Crippen LogP contribution in [0.2, 0.25) is 0 Å². The Labute approximate surface area is 202 Å². The summed E-state index contributed by atoms with van der Waals surface area (Å²) in [5, 5.41) is 3.00. The van der Waals surface area contributed by atoms with Gasteiger partial charge in [-0.2, -0.15) is 4.31 Å². The molecule has 0 unspecified atom stereocenters. The second-order valence-electron chi connectivity index (χ2n) is 8.55. The van der Waals surface area contributed by atoms with Crippen molar-refractivity contribution < 1.29 is 13.2 Å². The molecule has 0 saturated carbocycles. The summed E-state index contributed by atoms with van der Waals surface area (Å²) in [6.07, 6.45) is 2.40. The van der Waals surface area contributed by atoms with Gasteiger partial charge in [0.15, 0.2) is 0 Å². The van der Waals surface area contributed by atoms with Crippen molar-refractivity contribution in [3.63, 3.8) is 0 Å². The number of aryl methyl sites for hydroxylation is 1. The Morgan fingerprint density at radius 2 is 1.53 bits per heavy atom. The molecule has 0 radical (unpaired) electrons. The number of hydrogen-bond acceptors (Lipinski definition) is 3. The second kappa shape index (κ2) is 10.8. The number of amides is 1. The van der Waals surface area contributed by atoms with Gasteiger partial charge in [0.1, 0.15) is 6.04 Å². The molecule has 5 nitrogen and oxygen atoms in total. The van der Waals surface area contributed by atoms with Gasteiger partial charge in [-0.3, -0.25) is 4.79 Å². The van der Waals surface area contributed by atoms with E-state index in [2.05, 4.69) is 24.0 Å². The molecule has 1 aliphatic heterocycles. The van der Waals surface area contributed by atoms with Gasteiger partial charge >= 0.3 is 0 Å². The summed E-state index contributed by atoms with van der Waals surface area (Å²) < 4.78 is 28.8. The van der Waals surface area contributed by atoms with Crippen LogP contribution in [-0.4, -0.2) is 37.8 Å². The van der Waals surface area contributed by atoms with Crippen molar-refractivity contribution in [2.24, 2.45) is 0 Å². The maximum absolute atomic E-state index is 13.7. The number of nitrogens with zero attached hydrogens (tertiary/aromatic N) is 1. The fraction of sp³-hybridized carbons (Fsp3) is 0.250. The Bertz CT molecular complexity index is 1240. The zero-order valence-electron chi connectivity index (χ0n) is 19.2. The number of nitrogens with one attached hydrogen (secondary N) is 1. The number of fused-ring (bicyclic) bond motifs is 1. The van der Waals surface area contributed by atoms with E-state index < -0.39 is 16.1 Å². The van der Waals surface area contributed by atoms with Crippen LogP contribution in [0.15, 0.2) is 96.4 Å². The molecule has 3 aromatic carbocycles. The number of hydrogen-bond donors (Lipinski definition) is 1. The Balaban J connectivity index is 1.56. The smallest absolute Gasteiger partial charge is 0.244 e. The molecule has 34 heavy (non-hydrogen) atoms. The van der Waals surface area contributed by atoms with Crippen LogP contribution in [0.5, 0.6) is 0 Å². The lowest BCUT2D eigenvalue weighted by molar-refractivity contribution is -0.124. The molecule has 1 amide bonds. The van der Waals surface area contributed by atoms with Crippen LogP contribution in [0.4, 0.5) is 0 Å². The molecule has 0 fully saturated rings. The van der Waals surface area contributed by atoms with E-state index in [1.807, 2.05) is 54.6 Å². The van der Waals surface area contributed by atoms with Crippen LogP contribution in [0.1, 0.15) is 29.5 Å². The van der Waals surface area contributed by atoms with E-state index in [1.54, 1.807) is 18.2 Å². The maximum atomic E-state index is 13.7. The number of rotatable bonds is 8. The predicted molar refractivity (Wildman–Crippen MR) is 136 cm³/mol. The first kappa shape index (κ1) is 23.9. The van der Waals surface area contributed by atoms with Gasteiger partial charge in [0.25, 0.3) is 0 Å². The van der Waals surface area contributed by atoms with Gasteiger partial charge in [-0.1, -0.05) is 85.4 Å². The zero-order chi connectivity index (χ0) is 24.0. The van der Waals surface area contributed by atoms with Crippen molar-refractivity contribution in [2.45, 2.75) is 36.6 Å². The molecule has 1 heterocycles. The molecular formula is C28H30N2O3S. The average Bonchev–Trinajstić information content (AvgIpc) is 2.96. The van der Waals surface area contributed by atoms with Gasteiger partial charge in [-0.15, -0.1) is 0 Å². The van der Waals surface area contributed by atoms with Crippen molar-refractivity contribution in [3.05, 3.63) is 108 Å². The average molecular weight is 475 g/mol. The summed E-state index contributed by atoms with van der Waals surface area (Å²) in [5.74, 6) is -0.273. The Morgan fingerprint density at radius 3 is 2.24 bits per heavy atom. The largest absolute Gasteiger partial charge is 0.355 e. The molecule has 0 bridgehead atoms. The van der Waals surface area contributed by atoms with Crippen molar-refractivity contribution in [1.29, 1.82) is 0 Å². The third-order valence-corrected chi connectivity index (χ3v) is 8.16. The van der Waals surface area contributed by atoms with E-state index >= 15 is 0 Å². The molecule has 0 saturated heterocycles. The Morgan fingerprint density at radius 1 is 0.912 bits per heavy atom. The molecule has 6 heteroatoms. The minimum Gasteiger partial charge on any atom is -0.355 e. The van der Waals surface area contributed by atoms with Gasteiger partial charge < -0.3 is 5.32 Å². The molecule has 176 valence electrons. The lowest BCUT2D eigenvalue weighted by Gasteiger charge is -2.29. The minimum absolute atomic E-state index is 0.213. The number of sulfonamides is 1. The molecule has 1 N–H and O–H groups in total. The highest BCUT2D eigenvalue weighted by Gasteiger charge is 2.38. The van der Waals surface area contributed by atoms with E-state index in [4.69, 9.17) is 0 Å². The summed E-state index contributed by atoms with van der Waals surface area (Å²) >= 11 is 0. The third-order valence-electron chi connectivity index (χ3n) is 6.20. The fourth-order valence-corrected chi connectivity index (χ4v) is 6.19. The number of carbonyl (C=O) groups excluding carboxylic acids is 1. The van der Waals surface area contributed by atoms with Crippen LogP contribution < -0.4 is 5.32 Å². The SMILES string of the molecule is C=C1CCN([C@@H](Cc2ccccc2)C(=O)NCCCc2ccccc2)S(=O)(=O)c2ccccc21. The second-order valence-corrected chi connectivity index (χ2v) is 10.4. The monoisotopic (exact) mass is 474 g/mol. The van der Waals surface area contributed by atoms with Crippen LogP contribution >= 0.6 is 0 Å². The third kappa shape index (κ3) is 5.46. The summed E-state index contributed by atoms with van der Waals surface area (Å²) in [6.45, 7) is 4.80. The fourth-order valence-electron chi connectivity index (χ4n) is 4.36. The standard InChI is InChI=1S/C28H30N2O3S/c1-22-18-20-30(34(32,33)27-17-9-8-16-25(22)27)26(21-24-13-6-3-7-14-24)28(31)29-19-10-15-23-11-4-2-5-12-23/h2-9,11-14,16-17,26H,1,10,15,18-21H2,(H,29,31)/t26-/m0/s1. The lowest BCUT2D eigenvalue weighted by atomic mass is 10.0. The van der Waals surface area contributed by atoms with Crippen molar-refractivity contribution >= 4 is 21.5 Å². The molecule has 0 aliphatic carbocycles. The summed E-state index contributed by atoms with van der Waals surface area (Å²) in [5.41, 5.74) is 3.52. The van der Waals surface area contributed by atoms with Crippen LogP contribution in [0.25, 0.3) is 5.57 Å². The molecule has 1 aliphatic rings. The molecule has 4 rings (SSSR count). The lowest BCUT2D eigenvalue weighted by Crippen LogP contribution is -2.51. The first-order valence-corrected chi connectivity index (χ1v) is 13.1. The summed E-state index contributed by atoms with van der Waals surface area (Å²) in [6, 6.07) is 25.7. The molecule has 3 aromatic rings. The normalized spacial score (nSPS) is 16.3. The van der Waals surface area contributed by atoms with E-state index in [0.717, 1.165) is 24.0 Å². The predicted octanol–water partition coefficient (Wildman–Crippen LogP) is 4.45. The highest BCUT2D eigenvalue weighted by Crippen LogP contribution is 2.33. The van der Waals surface area contributed by atoms with E-state index in [9.17, 15) is 13.2 Å². The highest BCUT2D eigenvalue weighted by atomic mass is 32.2.